The van der Waals surface area contributed by atoms with Gasteiger partial charge in [0.25, 0.3) is 0 Å². The van der Waals surface area contributed by atoms with Crippen LogP contribution in [0.25, 0.3) is 0 Å². The summed E-state index contributed by atoms with van der Waals surface area (Å²) >= 11 is 5.98. The van der Waals surface area contributed by atoms with Gasteiger partial charge in [0.2, 0.25) is 5.91 Å². The molecule has 0 bridgehead atoms. The van der Waals surface area contributed by atoms with Crippen LogP contribution in [0.15, 0.2) is 36.4 Å². The fraction of sp³-hybridized carbons (Fsp3) is 0.316. The molecule has 1 N–H and O–H groups in total. The number of nitrogens with one attached hydrogen (secondary N) is 1. The zero-order valence-electron chi connectivity index (χ0n) is 15.2. The average molecular weight is 381 g/mol. The van der Waals surface area contributed by atoms with E-state index in [1.54, 1.807) is 44.3 Å². The van der Waals surface area contributed by atoms with Gasteiger partial charge in [-0.1, -0.05) is 17.7 Å². The van der Waals surface area contributed by atoms with Gasteiger partial charge in [-0.2, -0.15) is 0 Å². The summed E-state index contributed by atoms with van der Waals surface area (Å²) in [4.78, 5) is 14.4. The first-order valence-electron chi connectivity index (χ1n) is 8.02. The normalized spacial score (nSPS) is 12.0. The van der Waals surface area contributed by atoms with E-state index in [1.165, 1.54) is 20.3 Å². The molecule has 0 aliphatic heterocycles. The van der Waals surface area contributed by atoms with Crippen LogP contribution in [-0.4, -0.2) is 38.1 Å². The smallest absolute Gasteiger partial charge is 0.241 e. The third-order valence-electron chi connectivity index (χ3n) is 4.11. The molecule has 0 spiro atoms. The average Bonchev–Trinajstić information content (AvgIpc) is 2.61. The van der Waals surface area contributed by atoms with Gasteiger partial charge in [-0.05, 0) is 49.9 Å². The Balaban J connectivity index is 2.05. The van der Waals surface area contributed by atoms with Crippen molar-refractivity contribution in [3.05, 3.63) is 52.8 Å². The van der Waals surface area contributed by atoms with Crippen LogP contribution in [0.5, 0.6) is 11.5 Å². The van der Waals surface area contributed by atoms with Gasteiger partial charge in [0.1, 0.15) is 5.75 Å². The quantitative estimate of drug-likeness (QED) is 0.790. The Morgan fingerprint density at radius 2 is 1.85 bits per heavy atom. The lowest BCUT2D eigenvalue weighted by Crippen LogP contribution is -2.39. The fourth-order valence-electron chi connectivity index (χ4n) is 2.45. The van der Waals surface area contributed by atoms with Crippen molar-refractivity contribution in [3.8, 4) is 11.5 Å². The molecule has 140 valence electrons. The Bertz CT molecular complexity index is 785. The molecule has 0 heterocycles. The van der Waals surface area contributed by atoms with Gasteiger partial charge < -0.3 is 14.8 Å². The number of anilines is 1. The highest BCUT2D eigenvalue weighted by Gasteiger charge is 2.20. The van der Waals surface area contributed by atoms with Crippen molar-refractivity contribution < 1.29 is 18.7 Å². The molecular weight excluding hydrogens is 359 g/mol. The van der Waals surface area contributed by atoms with E-state index in [0.717, 1.165) is 5.56 Å². The lowest BCUT2D eigenvalue weighted by molar-refractivity contribution is -0.120. The van der Waals surface area contributed by atoms with Crippen LogP contribution in [0.1, 0.15) is 12.5 Å². The minimum Gasteiger partial charge on any atom is -0.495 e. The van der Waals surface area contributed by atoms with Crippen LogP contribution in [0, 0.1) is 5.82 Å². The Labute approximate surface area is 157 Å². The first kappa shape index (κ1) is 20.0. The summed E-state index contributed by atoms with van der Waals surface area (Å²) in [5.41, 5.74) is 1.24. The number of hydrogen-bond acceptors (Lipinski definition) is 4. The summed E-state index contributed by atoms with van der Waals surface area (Å²) in [5.74, 6) is 0.0614. The number of ether oxygens (including phenoxy) is 2. The van der Waals surface area contributed by atoms with Crippen molar-refractivity contribution >= 4 is 23.2 Å². The van der Waals surface area contributed by atoms with Gasteiger partial charge in [-0.25, -0.2) is 4.39 Å². The molecule has 0 unspecified atom stereocenters. The third kappa shape index (κ3) is 4.86. The number of amides is 1. The molecule has 0 aliphatic carbocycles. The van der Waals surface area contributed by atoms with Crippen molar-refractivity contribution in [1.29, 1.82) is 0 Å². The predicted molar refractivity (Wildman–Crippen MR) is 101 cm³/mol. The molecule has 0 fully saturated rings. The molecule has 5 nitrogen and oxygen atoms in total. The Hall–Kier alpha value is -2.31. The van der Waals surface area contributed by atoms with E-state index >= 15 is 0 Å². The number of rotatable bonds is 7. The highest BCUT2D eigenvalue weighted by Crippen LogP contribution is 2.28. The minimum absolute atomic E-state index is 0.190. The van der Waals surface area contributed by atoms with E-state index in [0.29, 0.717) is 23.0 Å². The highest BCUT2D eigenvalue weighted by molar-refractivity contribution is 6.31. The van der Waals surface area contributed by atoms with Crippen molar-refractivity contribution in [2.24, 2.45) is 0 Å². The number of carbonyl (C=O) groups excluding carboxylic acids is 1. The second kappa shape index (κ2) is 8.87. The zero-order chi connectivity index (χ0) is 19.3. The van der Waals surface area contributed by atoms with Crippen molar-refractivity contribution in [2.75, 3.05) is 26.6 Å². The van der Waals surface area contributed by atoms with E-state index in [9.17, 15) is 9.18 Å². The van der Waals surface area contributed by atoms with Crippen LogP contribution in [0.3, 0.4) is 0 Å². The SMILES string of the molecule is COc1ccc(CN(C)[C@@H](C)C(=O)Nc2cc(Cl)ccc2OC)cc1F. The molecule has 7 heteroatoms. The Morgan fingerprint density at radius 3 is 2.46 bits per heavy atom. The molecule has 0 saturated heterocycles. The van der Waals surface area contributed by atoms with E-state index in [4.69, 9.17) is 21.1 Å². The van der Waals surface area contributed by atoms with Gasteiger partial charge in [0.15, 0.2) is 11.6 Å². The topological polar surface area (TPSA) is 50.8 Å². The first-order chi connectivity index (χ1) is 12.3. The maximum absolute atomic E-state index is 13.8. The maximum Gasteiger partial charge on any atom is 0.241 e. The summed E-state index contributed by atoms with van der Waals surface area (Å²) in [7, 11) is 4.73. The molecule has 2 rings (SSSR count). The van der Waals surface area contributed by atoms with E-state index in [2.05, 4.69) is 5.32 Å². The van der Waals surface area contributed by atoms with Crippen LogP contribution in [-0.2, 0) is 11.3 Å². The summed E-state index contributed by atoms with van der Waals surface area (Å²) in [6.07, 6.45) is 0. The molecule has 2 aromatic rings. The zero-order valence-corrected chi connectivity index (χ0v) is 15.9. The molecule has 0 radical (unpaired) electrons. The lowest BCUT2D eigenvalue weighted by Gasteiger charge is -2.24. The van der Waals surface area contributed by atoms with Crippen LogP contribution < -0.4 is 14.8 Å². The number of carbonyl (C=O) groups is 1. The molecule has 1 atom stereocenters. The molecule has 0 saturated carbocycles. The Kier molecular flexibility index (Phi) is 6.83. The number of nitrogens with zero attached hydrogens (tertiary/aromatic N) is 1. The van der Waals surface area contributed by atoms with Gasteiger partial charge in [0, 0.05) is 11.6 Å². The number of methoxy groups -OCH3 is 2. The van der Waals surface area contributed by atoms with Crippen molar-refractivity contribution in [2.45, 2.75) is 19.5 Å². The van der Waals surface area contributed by atoms with E-state index in [-0.39, 0.29) is 11.7 Å². The maximum atomic E-state index is 13.8. The van der Waals surface area contributed by atoms with Gasteiger partial charge in [0.05, 0.1) is 25.9 Å². The van der Waals surface area contributed by atoms with Gasteiger partial charge in [-0.3, -0.25) is 9.69 Å². The predicted octanol–water partition coefficient (Wildman–Crippen LogP) is 3.96. The van der Waals surface area contributed by atoms with Gasteiger partial charge in [-0.15, -0.1) is 0 Å². The summed E-state index contributed by atoms with van der Waals surface area (Å²) in [6.45, 7) is 2.18. The minimum atomic E-state index is -0.455. The van der Waals surface area contributed by atoms with Crippen molar-refractivity contribution in [1.82, 2.24) is 4.90 Å². The second-order valence-corrected chi connectivity index (χ2v) is 6.33. The summed E-state index contributed by atoms with van der Waals surface area (Å²) < 4.78 is 24.0. The molecule has 0 aromatic heterocycles. The highest BCUT2D eigenvalue weighted by atomic mass is 35.5. The van der Waals surface area contributed by atoms with E-state index in [1.807, 2.05) is 4.90 Å². The second-order valence-electron chi connectivity index (χ2n) is 5.89. The van der Waals surface area contributed by atoms with Crippen LogP contribution in [0.2, 0.25) is 5.02 Å². The van der Waals surface area contributed by atoms with Crippen molar-refractivity contribution in [3.63, 3.8) is 0 Å². The number of benzene rings is 2. The van der Waals surface area contributed by atoms with Crippen LogP contribution >= 0.6 is 11.6 Å². The molecule has 26 heavy (non-hydrogen) atoms. The molecule has 1 amide bonds. The third-order valence-corrected chi connectivity index (χ3v) is 4.34. The first-order valence-corrected chi connectivity index (χ1v) is 8.40. The molecular formula is C19H22ClFN2O3. The monoisotopic (exact) mass is 380 g/mol. The summed E-state index contributed by atoms with van der Waals surface area (Å²) in [6, 6.07) is 9.28. The Morgan fingerprint density at radius 1 is 1.19 bits per heavy atom. The number of likely N-dealkylation sites (N-methyl/N-ethyl adjacent to an activating group) is 1. The number of halogens is 2. The van der Waals surface area contributed by atoms with Gasteiger partial charge >= 0.3 is 0 Å². The standard InChI is InChI=1S/C19H22ClFN2O3/c1-12(19(24)22-16-10-14(20)6-8-18(16)26-4)23(2)11-13-5-7-17(25-3)15(21)9-13/h5-10,12H,11H2,1-4H3,(H,22,24)/t12-/m0/s1. The molecule has 2 aromatic carbocycles. The largest absolute Gasteiger partial charge is 0.495 e. The lowest BCUT2D eigenvalue weighted by atomic mass is 10.1. The fourth-order valence-corrected chi connectivity index (χ4v) is 2.62. The number of hydrogen-bond donors (Lipinski definition) is 1. The molecule has 0 aliphatic rings. The van der Waals surface area contributed by atoms with E-state index < -0.39 is 11.9 Å². The summed E-state index contributed by atoms with van der Waals surface area (Å²) in [5, 5.41) is 3.31. The van der Waals surface area contributed by atoms with Crippen LogP contribution in [0.4, 0.5) is 10.1 Å².